The summed E-state index contributed by atoms with van der Waals surface area (Å²) in [4.78, 5) is 2.22. The van der Waals surface area contributed by atoms with Gasteiger partial charge in [-0.25, -0.2) is 0 Å². The van der Waals surface area contributed by atoms with Crippen LogP contribution in [0.4, 0.5) is 0 Å². The number of benzene rings is 1. The van der Waals surface area contributed by atoms with Gasteiger partial charge in [0.2, 0.25) is 0 Å². The van der Waals surface area contributed by atoms with E-state index in [9.17, 15) is 5.11 Å². The molecule has 2 rings (SSSR count). The summed E-state index contributed by atoms with van der Waals surface area (Å²) >= 11 is 0. The van der Waals surface area contributed by atoms with E-state index in [1.807, 2.05) is 24.3 Å². The molecule has 4 nitrogen and oxygen atoms in total. The molecule has 0 spiro atoms. The molecule has 1 aromatic rings. The van der Waals surface area contributed by atoms with E-state index in [1.54, 1.807) is 0 Å². The van der Waals surface area contributed by atoms with E-state index in [0.29, 0.717) is 13.2 Å². The lowest BCUT2D eigenvalue weighted by Crippen LogP contribution is -2.46. The van der Waals surface area contributed by atoms with Gasteiger partial charge in [-0.2, -0.15) is 0 Å². The van der Waals surface area contributed by atoms with E-state index in [0.717, 1.165) is 24.2 Å². The Morgan fingerprint density at radius 2 is 2.26 bits per heavy atom. The minimum atomic E-state index is -0.125. The van der Waals surface area contributed by atoms with E-state index in [4.69, 9.17) is 9.84 Å². The molecule has 4 heteroatoms. The fourth-order valence-corrected chi connectivity index (χ4v) is 2.19. The van der Waals surface area contributed by atoms with Gasteiger partial charge < -0.3 is 14.9 Å². The maximum absolute atomic E-state index is 9.34. The third-order valence-corrected chi connectivity index (χ3v) is 3.18. The summed E-state index contributed by atoms with van der Waals surface area (Å²) < 4.78 is 5.37. The van der Waals surface area contributed by atoms with Crippen LogP contribution in [-0.2, 0) is 11.3 Å². The van der Waals surface area contributed by atoms with Gasteiger partial charge in [-0.15, -0.1) is 0 Å². The summed E-state index contributed by atoms with van der Waals surface area (Å²) in [7, 11) is 0. The third kappa shape index (κ3) is 4.05. The van der Waals surface area contributed by atoms with Crippen molar-refractivity contribution in [3.05, 3.63) is 35.4 Å². The molecule has 0 radical (unpaired) electrons. The summed E-state index contributed by atoms with van der Waals surface area (Å²) in [6.45, 7) is 2.90. The second-order valence-corrected chi connectivity index (χ2v) is 4.54. The summed E-state index contributed by atoms with van der Waals surface area (Å²) in [5.74, 6) is 5.55. The summed E-state index contributed by atoms with van der Waals surface area (Å²) in [6, 6.07) is 8.03. The first-order valence-corrected chi connectivity index (χ1v) is 6.45. The lowest BCUT2D eigenvalue weighted by atomic mass is 10.1. The zero-order chi connectivity index (χ0) is 13.5. The number of morpholine rings is 1. The van der Waals surface area contributed by atoms with Crippen LogP contribution in [0.25, 0.3) is 0 Å². The molecule has 1 fully saturated rings. The molecule has 19 heavy (non-hydrogen) atoms. The standard InChI is InChI=1S/C15H19NO3/c17-7-2-5-13-3-1-4-14(9-13)10-16-6-8-19-12-15(16)11-18/h1,3-4,9,15,17-18H,6-8,10-12H2. The number of nitrogens with zero attached hydrogens (tertiary/aromatic N) is 1. The molecule has 1 unspecified atom stereocenters. The Bertz CT molecular complexity index is 464. The lowest BCUT2D eigenvalue weighted by molar-refractivity contribution is -0.0312. The van der Waals surface area contributed by atoms with Crippen LogP contribution in [-0.4, -0.2) is 54.1 Å². The third-order valence-electron chi connectivity index (χ3n) is 3.18. The van der Waals surface area contributed by atoms with Crippen molar-refractivity contribution in [2.45, 2.75) is 12.6 Å². The first-order chi connectivity index (χ1) is 9.33. The quantitative estimate of drug-likeness (QED) is 0.765. The fourth-order valence-electron chi connectivity index (χ4n) is 2.19. The highest BCUT2D eigenvalue weighted by Crippen LogP contribution is 2.13. The van der Waals surface area contributed by atoms with Crippen molar-refractivity contribution >= 4 is 0 Å². The Labute approximate surface area is 113 Å². The normalized spacial score (nSPS) is 19.8. The SMILES string of the molecule is OCC#Cc1cccc(CN2CCOCC2CO)c1. The van der Waals surface area contributed by atoms with E-state index >= 15 is 0 Å². The van der Waals surface area contributed by atoms with Gasteiger partial charge in [0.15, 0.2) is 0 Å². The molecular weight excluding hydrogens is 242 g/mol. The smallest absolute Gasteiger partial charge is 0.104 e. The number of hydrogen-bond donors (Lipinski definition) is 2. The van der Waals surface area contributed by atoms with Crippen molar-refractivity contribution in [3.63, 3.8) is 0 Å². The van der Waals surface area contributed by atoms with Gasteiger partial charge in [-0.1, -0.05) is 24.0 Å². The van der Waals surface area contributed by atoms with Gasteiger partial charge in [0.1, 0.15) is 6.61 Å². The molecule has 1 heterocycles. The van der Waals surface area contributed by atoms with Crippen molar-refractivity contribution in [2.75, 3.05) is 33.0 Å². The van der Waals surface area contributed by atoms with Crippen LogP contribution in [0, 0.1) is 11.8 Å². The number of ether oxygens (including phenoxy) is 1. The predicted molar refractivity (Wildman–Crippen MR) is 72.5 cm³/mol. The molecule has 0 bridgehead atoms. The van der Waals surface area contributed by atoms with Crippen molar-refractivity contribution in [3.8, 4) is 11.8 Å². The number of rotatable bonds is 3. The van der Waals surface area contributed by atoms with Gasteiger partial charge >= 0.3 is 0 Å². The van der Waals surface area contributed by atoms with E-state index in [2.05, 4.69) is 16.7 Å². The minimum absolute atomic E-state index is 0.0703. The van der Waals surface area contributed by atoms with E-state index < -0.39 is 0 Å². The molecule has 1 aromatic carbocycles. The maximum atomic E-state index is 9.34. The Balaban J connectivity index is 2.05. The van der Waals surface area contributed by atoms with Crippen LogP contribution in [0.3, 0.4) is 0 Å². The molecule has 0 amide bonds. The van der Waals surface area contributed by atoms with Crippen molar-refractivity contribution in [1.29, 1.82) is 0 Å². The summed E-state index contributed by atoms with van der Waals surface area (Å²) in [5.41, 5.74) is 2.06. The van der Waals surface area contributed by atoms with Crippen molar-refractivity contribution in [1.82, 2.24) is 4.90 Å². The van der Waals surface area contributed by atoms with Gasteiger partial charge in [0, 0.05) is 18.7 Å². The topological polar surface area (TPSA) is 52.9 Å². The van der Waals surface area contributed by atoms with Gasteiger partial charge in [0.05, 0.1) is 25.9 Å². The average molecular weight is 261 g/mol. The molecule has 1 aliphatic rings. The van der Waals surface area contributed by atoms with Crippen LogP contribution in [0.5, 0.6) is 0 Å². The number of aliphatic hydroxyl groups excluding tert-OH is 2. The summed E-state index contributed by atoms with van der Waals surface area (Å²) in [5, 5.41) is 18.0. The van der Waals surface area contributed by atoms with E-state index in [-0.39, 0.29) is 19.3 Å². The first kappa shape index (κ1) is 14.0. The second-order valence-electron chi connectivity index (χ2n) is 4.54. The van der Waals surface area contributed by atoms with Crippen LogP contribution in [0.1, 0.15) is 11.1 Å². The van der Waals surface area contributed by atoms with Crippen LogP contribution in [0.15, 0.2) is 24.3 Å². The van der Waals surface area contributed by atoms with Gasteiger partial charge in [0.25, 0.3) is 0 Å². The molecule has 0 aromatic heterocycles. The largest absolute Gasteiger partial charge is 0.395 e. The molecule has 102 valence electrons. The van der Waals surface area contributed by atoms with Crippen LogP contribution < -0.4 is 0 Å². The second kappa shape index (κ2) is 7.27. The minimum Gasteiger partial charge on any atom is -0.395 e. The fraction of sp³-hybridized carbons (Fsp3) is 0.467. The molecule has 0 saturated carbocycles. The zero-order valence-electron chi connectivity index (χ0n) is 10.9. The highest BCUT2D eigenvalue weighted by atomic mass is 16.5. The van der Waals surface area contributed by atoms with Gasteiger partial charge in [-0.3, -0.25) is 4.90 Å². The molecule has 1 saturated heterocycles. The predicted octanol–water partition coefficient (Wildman–Crippen LogP) is 0.223. The molecule has 2 N–H and O–H groups in total. The molecule has 0 aliphatic carbocycles. The lowest BCUT2D eigenvalue weighted by Gasteiger charge is -2.34. The Morgan fingerprint density at radius 3 is 3.05 bits per heavy atom. The Morgan fingerprint density at radius 1 is 1.37 bits per heavy atom. The highest BCUT2D eigenvalue weighted by molar-refractivity contribution is 5.37. The first-order valence-electron chi connectivity index (χ1n) is 6.45. The Hall–Kier alpha value is -1.38. The van der Waals surface area contributed by atoms with Crippen LogP contribution >= 0.6 is 0 Å². The average Bonchev–Trinajstić information content (AvgIpc) is 2.46. The molecule has 1 aliphatic heterocycles. The van der Waals surface area contributed by atoms with Crippen molar-refractivity contribution in [2.24, 2.45) is 0 Å². The van der Waals surface area contributed by atoms with Crippen molar-refractivity contribution < 1.29 is 14.9 Å². The molecular formula is C15H19NO3. The number of aliphatic hydroxyl groups is 2. The summed E-state index contributed by atoms with van der Waals surface area (Å²) in [6.07, 6.45) is 0. The Kier molecular flexibility index (Phi) is 5.37. The van der Waals surface area contributed by atoms with E-state index in [1.165, 1.54) is 0 Å². The maximum Gasteiger partial charge on any atom is 0.104 e. The van der Waals surface area contributed by atoms with Gasteiger partial charge in [-0.05, 0) is 17.7 Å². The zero-order valence-corrected chi connectivity index (χ0v) is 10.9. The highest BCUT2D eigenvalue weighted by Gasteiger charge is 2.22. The molecule has 1 atom stereocenters. The van der Waals surface area contributed by atoms with Crippen LogP contribution in [0.2, 0.25) is 0 Å². The monoisotopic (exact) mass is 261 g/mol. The number of hydrogen-bond acceptors (Lipinski definition) is 4.